The molecule has 3 nitrogen and oxygen atoms in total. The fraction of sp³-hybridized carbons (Fsp3) is 1.00. The third-order valence-corrected chi connectivity index (χ3v) is 0.117. The third kappa shape index (κ3) is 86.6. The van der Waals surface area contributed by atoms with Crippen molar-refractivity contribution in [2.75, 3.05) is 6.67 Å². The highest BCUT2D eigenvalue weighted by molar-refractivity contribution is 7.66. The fourth-order valence-electron chi connectivity index (χ4n) is 0. The summed E-state index contributed by atoms with van der Waals surface area (Å²) in [6, 6.07) is 0. The standard InChI is InChI=1S/C2H3F3.H2O3S/c3-1-2(4)5;1-4(2)3/h2H,1H2;4H,(H,1,2,3). The second-order valence-electron chi connectivity index (χ2n) is 0.783. The van der Waals surface area contributed by atoms with E-state index >= 15 is 0 Å². The zero-order valence-corrected chi connectivity index (χ0v) is 5.02. The Labute approximate surface area is 51.3 Å². The molecule has 0 rings (SSSR count). The summed E-state index contributed by atoms with van der Waals surface area (Å²) in [7, 11) is -3.12. The van der Waals surface area contributed by atoms with E-state index in [9.17, 15) is 13.2 Å². The topological polar surface area (TPSA) is 54.4 Å². The molecule has 0 aliphatic carbocycles. The van der Waals surface area contributed by atoms with Gasteiger partial charge in [-0.1, -0.05) is 0 Å². The van der Waals surface area contributed by atoms with Crippen LogP contribution in [0.4, 0.5) is 13.2 Å². The van der Waals surface area contributed by atoms with Crippen LogP contribution in [0.1, 0.15) is 0 Å². The molecule has 0 radical (unpaired) electrons. The van der Waals surface area contributed by atoms with E-state index in [4.69, 9.17) is 13.0 Å². The zero-order chi connectivity index (χ0) is 7.86. The van der Waals surface area contributed by atoms with Gasteiger partial charge in [0.05, 0.1) is 0 Å². The second kappa shape index (κ2) is 7.70. The summed E-state index contributed by atoms with van der Waals surface area (Å²) in [5.74, 6) is 0. The van der Waals surface area contributed by atoms with Crippen molar-refractivity contribution in [2.45, 2.75) is 6.43 Å². The molecule has 58 valence electrons. The molecule has 0 spiro atoms. The molecule has 0 aromatic heterocycles. The zero-order valence-electron chi connectivity index (χ0n) is 4.13. The molecule has 0 saturated heterocycles. The first-order chi connectivity index (χ1) is 4.00. The highest BCUT2D eigenvalue weighted by Crippen LogP contribution is 1.88. The van der Waals surface area contributed by atoms with Gasteiger partial charge in [0.2, 0.25) is 0 Å². The number of alkyl halides is 3. The van der Waals surface area contributed by atoms with Gasteiger partial charge in [-0.05, 0) is 0 Å². The maximum absolute atomic E-state index is 10.4. The molecule has 0 heterocycles. The smallest absolute Gasteiger partial charge is 0.266 e. The summed E-state index contributed by atoms with van der Waals surface area (Å²) in [4.78, 5) is 0. The predicted molar refractivity (Wildman–Crippen MR) is 24.9 cm³/mol. The normalized spacial score (nSPS) is 9.11. The van der Waals surface area contributed by atoms with Crippen LogP contribution in [0.3, 0.4) is 0 Å². The Kier molecular flexibility index (Phi) is 9.83. The fourth-order valence-corrected chi connectivity index (χ4v) is 0. The van der Waals surface area contributed by atoms with Crippen molar-refractivity contribution < 1.29 is 26.1 Å². The van der Waals surface area contributed by atoms with Crippen LogP contribution in [0.15, 0.2) is 0 Å². The van der Waals surface area contributed by atoms with Crippen LogP contribution in [0.2, 0.25) is 0 Å². The average Bonchev–Trinajstić information content (AvgIpc) is 1.65. The lowest BCUT2D eigenvalue weighted by Crippen LogP contribution is -1.88. The summed E-state index contributed by atoms with van der Waals surface area (Å²) in [5, 5.41) is 0. The maximum atomic E-state index is 10.4. The van der Waals surface area contributed by atoms with E-state index < -0.39 is 24.1 Å². The molecule has 0 aliphatic rings. The molecular formula is C2H5F3O3S. The molecule has 0 saturated carbocycles. The molecule has 0 aromatic rings. The molecule has 0 bridgehead atoms. The van der Waals surface area contributed by atoms with Gasteiger partial charge in [-0.25, -0.2) is 21.6 Å². The van der Waals surface area contributed by atoms with E-state index in [1.165, 1.54) is 0 Å². The van der Waals surface area contributed by atoms with E-state index in [-0.39, 0.29) is 0 Å². The third-order valence-electron chi connectivity index (χ3n) is 0.117. The Morgan fingerprint density at radius 2 is 1.56 bits per heavy atom. The molecule has 0 amide bonds. The summed E-state index contributed by atoms with van der Waals surface area (Å²) in [5.41, 5.74) is 0. The Morgan fingerprint density at radius 3 is 1.56 bits per heavy atom. The minimum Gasteiger partial charge on any atom is -0.288 e. The highest BCUT2D eigenvalue weighted by Gasteiger charge is 1.95. The molecule has 0 fully saturated rings. The summed E-state index contributed by atoms with van der Waals surface area (Å²) >= 11 is 0. The van der Waals surface area contributed by atoms with Gasteiger partial charge < -0.3 is 0 Å². The Balaban J connectivity index is 0. The molecule has 7 heteroatoms. The Bertz CT molecular complexity index is 104. The second-order valence-corrected chi connectivity index (χ2v) is 1.26. The number of hydrogen-bond acceptors (Lipinski definition) is 2. The van der Waals surface area contributed by atoms with Crippen molar-refractivity contribution in [3.63, 3.8) is 0 Å². The molecular weight excluding hydrogens is 161 g/mol. The van der Waals surface area contributed by atoms with Crippen molar-refractivity contribution in [1.82, 2.24) is 0 Å². The van der Waals surface area contributed by atoms with Crippen LogP contribution in [0, 0.1) is 0 Å². The first-order valence-corrected chi connectivity index (χ1v) is 2.81. The van der Waals surface area contributed by atoms with Crippen LogP contribution in [-0.4, -0.2) is 26.1 Å². The van der Waals surface area contributed by atoms with Gasteiger partial charge in [-0.2, -0.15) is 0 Å². The lowest BCUT2D eigenvalue weighted by Gasteiger charge is -1.78. The molecule has 0 unspecified atom stereocenters. The average molecular weight is 166 g/mol. The van der Waals surface area contributed by atoms with E-state index in [1.807, 2.05) is 0 Å². The van der Waals surface area contributed by atoms with E-state index in [1.54, 1.807) is 0 Å². The molecule has 0 aliphatic heterocycles. The van der Waals surface area contributed by atoms with Crippen molar-refractivity contribution in [1.29, 1.82) is 0 Å². The van der Waals surface area contributed by atoms with Crippen LogP contribution in [-0.2, 0) is 11.0 Å². The van der Waals surface area contributed by atoms with Gasteiger partial charge >= 0.3 is 0 Å². The van der Waals surface area contributed by atoms with Crippen LogP contribution in [0.5, 0.6) is 0 Å². The van der Waals surface area contributed by atoms with Gasteiger partial charge in [-0.3, -0.25) is 4.55 Å². The molecule has 0 atom stereocenters. The Hall–Kier alpha value is -0.300. The first kappa shape index (κ1) is 11.5. The lowest BCUT2D eigenvalue weighted by atomic mass is 10.8. The molecule has 1 N–H and O–H groups in total. The summed E-state index contributed by atoms with van der Waals surface area (Å²) in [6.07, 6.45) is -2.78. The Morgan fingerprint density at radius 1 is 1.44 bits per heavy atom. The van der Waals surface area contributed by atoms with Crippen molar-refractivity contribution >= 4 is 11.0 Å². The lowest BCUT2D eigenvalue weighted by molar-refractivity contribution is 0.113. The molecule has 9 heavy (non-hydrogen) atoms. The van der Waals surface area contributed by atoms with Crippen LogP contribution in [0.25, 0.3) is 0 Å². The highest BCUT2D eigenvalue weighted by atomic mass is 32.2. The SMILES string of the molecule is FCC(F)F.O=[SH](=O)O. The van der Waals surface area contributed by atoms with Crippen molar-refractivity contribution in [2.24, 2.45) is 0 Å². The minimum absolute atomic E-state index is 1.53. The number of halogens is 3. The number of thiol groups is 1. The van der Waals surface area contributed by atoms with E-state index in [0.717, 1.165) is 0 Å². The first-order valence-electron chi connectivity index (χ1n) is 1.68. The quantitative estimate of drug-likeness (QED) is 0.435. The minimum atomic E-state index is -3.12. The van der Waals surface area contributed by atoms with E-state index in [2.05, 4.69) is 0 Å². The van der Waals surface area contributed by atoms with Gasteiger partial charge in [0.25, 0.3) is 17.4 Å². The van der Waals surface area contributed by atoms with Crippen molar-refractivity contribution in [3.8, 4) is 0 Å². The van der Waals surface area contributed by atoms with Crippen LogP contribution < -0.4 is 0 Å². The summed E-state index contributed by atoms with van der Waals surface area (Å²) < 4.78 is 55.3. The van der Waals surface area contributed by atoms with Crippen molar-refractivity contribution in [3.05, 3.63) is 0 Å². The van der Waals surface area contributed by atoms with Gasteiger partial charge in [0.15, 0.2) is 6.67 Å². The molecule has 0 aromatic carbocycles. The largest absolute Gasteiger partial charge is 0.288 e. The number of rotatable bonds is 1. The summed E-state index contributed by atoms with van der Waals surface area (Å²) in [6.45, 7) is -1.53. The van der Waals surface area contributed by atoms with E-state index in [0.29, 0.717) is 0 Å². The van der Waals surface area contributed by atoms with Gasteiger partial charge in [0.1, 0.15) is 0 Å². The van der Waals surface area contributed by atoms with Crippen LogP contribution >= 0.6 is 0 Å². The monoisotopic (exact) mass is 166 g/mol. The van der Waals surface area contributed by atoms with Gasteiger partial charge in [0, 0.05) is 0 Å². The van der Waals surface area contributed by atoms with Gasteiger partial charge in [-0.15, -0.1) is 0 Å². The maximum Gasteiger partial charge on any atom is 0.266 e. The number of hydrogen-bond donors (Lipinski definition) is 2. The predicted octanol–water partition coefficient (Wildman–Crippen LogP) is 0.292.